The van der Waals surface area contributed by atoms with Crippen molar-refractivity contribution in [3.63, 3.8) is 0 Å². The van der Waals surface area contributed by atoms with E-state index >= 15 is 0 Å². The molecule has 2 unspecified atom stereocenters. The highest BCUT2D eigenvalue weighted by molar-refractivity contribution is 5.97. The zero-order valence-corrected chi connectivity index (χ0v) is 16.6. The standard InChI is InChI=1S/C19H20F3N5O4/c1-10-17(31-9-23-10)13(28)7-27-14(19(20,21)22)2-3-25-16(29)5-15(24-18(25)27)26-6-12-4-11(26)8-30-12/h5,9,11-12,14H,2-4,6-8H2,1H3/t11?,12?,14-/m0/s1. The van der Waals surface area contributed by atoms with Crippen LogP contribution in [0.4, 0.5) is 24.9 Å². The number of ketones is 1. The van der Waals surface area contributed by atoms with Crippen molar-refractivity contribution in [1.82, 2.24) is 14.5 Å². The fourth-order valence-corrected chi connectivity index (χ4v) is 4.60. The Hall–Kier alpha value is -2.89. The number of carbonyl (C=O) groups is 1. The monoisotopic (exact) mass is 439 g/mol. The van der Waals surface area contributed by atoms with Crippen LogP contribution in [0.5, 0.6) is 0 Å². The molecule has 0 amide bonds. The molecule has 2 saturated heterocycles. The van der Waals surface area contributed by atoms with Crippen LogP contribution >= 0.6 is 0 Å². The van der Waals surface area contributed by atoms with Crippen molar-refractivity contribution < 1.29 is 27.1 Å². The third kappa shape index (κ3) is 3.38. The van der Waals surface area contributed by atoms with Gasteiger partial charge in [-0.05, 0) is 19.8 Å². The van der Waals surface area contributed by atoms with E-state index in [4.69, 9.17) is 9.15 Å². The van der Waals surface area contributed by atoms with Gasteiger partial charge in [-0.15, -0.1) is 0 Å². The number of carbonyl (C=O) groups excluding carboxylic acids is 1. The van der Waals surface area contributed by atoms with Crippen molar-refractivity contribution in [3.8, 4) is 0 Å². The van der Waals surface area contributed by atoms with Crippen LogP contribution < -0.4 is 15.4 Å². The lowest BCUT2D eigenvalue weighted by Gasteiger charge is -2.39. The molecule has 0 aromatic carbocycles. The minimum atomic E-state index is -4.60. The Balaban J connectivity index is 1.55. The summed E-state index contributed by atoms with van der Waals surface area (Å²) in [6.07, 6.45) is -3.07. The first-order valence-electron chi connectivity index (χ1n) is 9.99. The maximum atomic E-state index is 13.9. The van der Waals surface area contributed by atoms with Crippen LogP contribution in [0.3, 0.4) is 0 Å². The van der Waals surface area contributed by atoms with Crippen LogP contribution in [0.15, 0.2) is 21.7 Å². The maximum absolute atomic E-state index is 13.9. The number of oxazole rings is 1. The molecule has 2 aromatic heterocycles. The first kappa shape index (κ1) is 20.0. The second-order valence-electron chi connectivity index (χ2n) is 8.07. The van der Waals surface area contributed by atoms with E-state index in [1.54, 1.807) is 0 Å². The van der Waals surface area contributed by atoms with Gasteiger partial charge in [0.2, 0.25) is 11.7 Å². The third-order valence-electron chi connectivity index (χ3n) is 6.12. The van der Waals surface area contributed by atoms with Gasteiger partial charge in [0.1, 0.15) is 11.9 Å². The number of halogens is 3. The number of nitrogens with zero attached hydrogens (tertiary/aromatic N) is 5. The molecule has 166 valence electrons. The van der Waals surface area contributed by atoms with E-state index in [-0.39, 0.29) is 42.5 Å². The van der Waals surface area contributed by atoms with E-state index in [1.165, 1.54) is 17.6 Å². The number of hydrogen-bond acceptors (Lipinski definition) is 8. The number of rotatable bonds is 4. The van der Waals surface area contributed by atoms with E-state index in [2.05, 4.69) is 9.97 Å². The molecule has 0 N–H and O–H groups in total. The van der Waals surface area contributed by atoms with Crippen LogP contribution in [0, 0.1) is 6.92 Å². The second kappa shape index (κ2) is 7.08. The summed E-state index contributed by atoms with van der Waals surface area (Å²) in [4.78, 5) is 36.5. The first-order valence-corrected chi connectivity index (χ1v) is 9.99. The molecule has 31 heavy (non-hydrogen) atoms. The summed E-state index contributed by atoms with van der Waals surface area (Å²) in [5.41, 5.74) is -0.157. The van der Waals surface area contributed by atoms with Gasteiger partial charge in [-0.3, -0.25) is 14.2 Å². The van der Waals surface area contributed by atoms with Crippen molar-refractivity contribution in [2.75, 3.05) is 29.5 Å². The minimum Gasteiger partial charge on any atom is -0.440 e. The van der Waals surface area contributed by atoms with E-state index < -0.39 is 30.1 Å². The summed E-state index contributed by atoms with van der Waals surface area (Å²) in [6.45, 7) is 1.79. The summed E-state index contributed by atoms with van der Waals surface area (Å²) in [7, 11) is 0. The van der Waals surface area contributed by atoms with Gasteiger partial charge in [-0.2, -0.15) is 18.2 Å². The van der Waals surface area contributed by atoms with Crippen LogP contribution in [-0.4, -0.2) is 64.4 Å². The number of fused-ring (bicyclic) bond motifs is 3. The molecule has 0 saturated carbocycles. The summed E-state index contributed by atoms with van der Waals surface area (Å²) in [6, 6.07) is -0.562. The highest BCUT2D eigenvalue weighted by atomic mass is 19.4. The Kier molecular flexibility index (Phi) is 4.57. The molecule has 0 radical (unpaired) electrons. The third-order valence-corrected chi connectivity index (χ3v) is 6.12. The maximum Gasteiger partial charge on any atom is 0.408 e. The molecule has 0 aliphatic carbocycles. The number of anilines is 2. The van der Waals surface area contributed by atoms with Crippen molar-refractivity contribution >= 4 is 17.5 Å². The van der Waals surface area contributed by atoms with E-state index in [0.717, 1.165) is 17.7 Å². The minimum absolute atomic E-state index is 0.0284. The van der Waals surface area contributed by atoms with E-state index in [0.29, 0.717) is 19.0 Å². The smallest absolute Gasteiger partial charge is 0.408 e. The molecule has 5 heterocycles. The summed E-state index contributed by atoms with van der Waals surface area (Å²) >= 11 is 0. The van der Waals surface area contributed by atoms with E-state index in [1.807, 2.05) is 4.90 Å². The molecule has 2 bridgehead atoms. The zero-order chi connectivity index (χ0) is 21.9. The Labute approximate surface area is 174 Å². The molecule has 3 aliphatic heterocycles. The highest BCUT2D eigenvalue weighted by Crippen LogP contribution is 2.36. The number of Topliss-reactive ketones (excluding diaryl/α,β-unsaturated/α-hetero) is 1. The summed E-state index contributed by atoms with van der Waals surface area (Å²) in [5, 5.41) is 0. The normalized spacial score (nSPS) is 25.2. The Morgan fingerprint density at radius 3 is 2.77 bits per heavy atom. The number of hydrogen-bond donors (Lipinski definition) is 0. The molecule has 9 nitrogen and oxygen atoms in total. The van der Waals surface area contributed by atoms with Crippen molar-refractivity contribution in [1.29, 1.82) is 0 Å². The lowest BCUT2D eigenvalue weighted by Crippen LogP contribution is -2.54. The highest BCUT2D eigenvalue weighted by Gasteiger charge is 2.48. The second-order valence-corrected chi connectivity index (χ2v) is 8.07. The van der Waals surface area contributed by atoms with Gasteiger partial charge < -0.3 is 19.0 Å². The van der Waals surface area contributed by atoms with Crippen molar-refractivity contribution in [2.45, 2.75) is 50.7 Å². The fraction of sp³-hybridized carbons (Fsp3) is 0.579. The quantitative estimate of drug-likeness (QED) is 0.663. The fourth-order valence-electron chi connectivity index (χ4n) is 4.60. The van der Waals surface area contributed by atoms with Gasteiger partial charge in [-0.1, -0.05) is 0 Å². The lowest BCUT2D eigenvalue weighted by atomic mass is 10.1. The molecule has 2 fully saturated rings. The molecule has 3 atom stereocenters. The average molecular weight is 439 g/mol. The largest absolute Gasteiger partial charge is 0.440 e. The molecule has 12 heteroatoms. The summed E-state index contributed by atoms with van der Waals surface area (Å²) in [5.74, 6) is -0.620. The average Bonchev–Trinajstić information content (AvgIpc) is 3.44. The van der Waals surface area contributed by atoms with Crippen LogP contribution in [0.2, 0.25) is 0 Å². The molecule has 2 aromatic rings. The number of alkyl halides is 3. The number of aryl methyl sites for hydroxylation is 1. The zero-order valence-electron chi connectivity index (χ0n) is 16.6. The lowest BCUT2D eigenvalue weighted by molar-refractivity contribution is -0.152. The van der Waals surface area contributed by atoms with Gasteiger partial charge in [0.15, 0.2) is 12.2 Å². The predicted octanol–water partition coefficient (Wildman–Crippen LogP) is 1.54. The first-order chi connectivity index (χ1) is 14.7. The Morgan fingerprint density at radius 2 is 2.16 bits per heavy atom. The van der Waals surface area contributed by atoms with Crippen molar-refractivity contribution in [2.24, 2.45) is 0 Å². The van der Waals surface area contributed by atoms with Gasteiger partial charge >= 0.3 is 6.18 Å². The van der Waals surface area contributed by atoms with Crippen LogP contribution in [0.25, 0.3) is 0 Å². The molecular weight excluding hydrogens is 419 g/mol. The Morgan fingerprint density at radius 1 is 1.35 bits per heavy atom. The molecular formula is C19H20F3N5O4. The van der Waals surface area contributed by atoms with Crippen LogP contribution in [0.1, 0.15) is 29.1 Å². The van der Waals surface area contributed by atoms with E-state index in [9.17, 15) is 22.8 Å². The SMILES string of the molecule is Cc1ncoc1C(=O)CN1c2nc(N3CC4CC3CO4)cc(=O)n2CC[C@H]1C(F)(F)F. The van der Waals surface area contributed by atoms with Gasteiger partial charge in [0, 0.05) is 19.2 Å². The van der Waals surface area contributed by atoms with Crippen LogP contribution in [-0.2, 0) is 11.3 Å². The Bertz CT molecular complexity index is 1080. The predicted molar refractivity (Wildman–Crippen MR) is 101 cm³/mol. The van der Waals surface area contributed by atoms with Gasteiger partial charge in [0.05, 0.1) is 31.0 Å². The van der Waals surface area contributed by atoms with Crippen molar-refractivity contribution in [3.05, 3.63) is 34.3 Å². The molecule has 3 aliphatic rings. The number of morpholine rings is 1. The molecule has 0 spiro atoms. The van der Waals surface area contributed by atoms with Gasteiger partial charge in [-0.25, -0.2) is 4.98 Å². The molecule has 5 rings (SSSR count). The number of ether oxygens (including phenoxy) is 1. The summed E-state index contributed by atoms with van der Waals surface area (Å²) < 4.78 is 53.4. The van der Waals surface area contributed by atoms with Gasteiger partial charge in [0.25, 0.3) is 5.56 Å². The number of aromatic nitrogens is 3. The topological polar surface area (TPSA) is 93.7 Å².